The van der Waals surface area contributed by atoms with E-state index in [1.807, 2.05) is 84.6 Å². The van der Waals surface area contributed by atoms with Crippen LogP contribution in [0.25, 0.3) is 0 Å². The first-order valence-corrected chi connectivity index (χ1v) is 11.5. The molecule has 3 aromatic carbocycles. The van der Waals surface area contributed by atoms with Crippen LogP contribution in [0.4, 0.5) is 10.5 Å². The molecule has 1 unspecified atom stereocenters. The van der Waals surface area contributed by atoms with Gasteiger partial charge in [0, 0.05) is 23.7 Å². The second kappa shape index (κ2) is 8.23. The Balaban J connectivity index is 1.42. The number of benzene rings is 3. The summed E-state index contributed by atoms with van der Waals surface area (Å²) in [7, 11) is 0. The van der Waals surface area contributed by atoms with Gasteiger partial charge in [-0.25, -0.2) is 4.79 Å². The molecule has 33 heavy (non-hydrogen) atoms. The highest BCUT2D eigenvalue weighted by atomic mass is 35.5. The summed E-state index contributed by atoms with van der Waals surface area (Å²) in [5.41, 5.74) is 1.07. The summed E-state index contributed by atoms with van der Waals surface area (Å²) in [6, 6.07) is 26.8. The maximum absolute atomic E-state index is 14.0. The number of ether oxygens (including phenoxy) is 1. The molecule has 168 valence electrons. The summed E-state index contributed by atoms with van der Waals surface area (Å²) in [4.78, 5) is 30.2. The zero-order valence-electron chi connectivity index (χ0n) is 18.4. The van der Waals surface area contributed by atoms with E-state index in [9.17, 15) is 9.59 Å². The smallest absolute Gasteiger partial charge is 0.415 e. The maximum atomic E-state index is 14.0. The van der Waals surface area contributed by atoms with E-state index in [2.05, 4.69) is 0 Å². The van der Waals surface area contributed by atoms with E-state index >= 15 is 0 Å². The lowest BCUT2D eigenvalue weighted by Gasteiger charge is -2.34. The van der Waals surface area contributed by atoms with Gasteiger partial charge in [0.25, 0.3) is 0 Å². The van der Waals surface area contributed by atoms with Crippen molar-refractivity contribution >= 4 is 29.3 Å². The fourth-order valence-electron chi connectivity index (χ4n) is 4.95. The quantitative estimate of drug-likeness (QED) is 0.532. The minimum atomic E-state index is -0.841. The van der Waals surface area contributed by atoms with Crippen molar-refractivity contribution in [3.63, 3.8) is 0 Å². The van der Waals surface area contributed by atoms with Gasteiger partial charge in [-0.05, 0) is 42.3 Å². The molecule has 0 radical (unpaired) electrons. The van der Waals surface area contributed by atoms with E-state index < -0.39 is 11.0 Å². The van der Waals surface area contributed by atoms with Gasteiger partial charge in [-0.3, -0.25) is 9.69 Å². The molecule has 0 N–H and O–H groups in total. The van der Waals surface area contributed by atoms with Crippen LogP contribution < -0.4 is 4.90 Å². The predicted octanol–water partition coefficient (Wildman–Crippen LogP) is 5.27. The molecule has 2 aliphatic heterocycles. The van der Waals surface area contributed by atoms with Gasteiger partial charge in [-0.1, -0.05) is 72.3 Å². The Morgan fingerprint density at radius 2 is 1.48 bits per heavy atom. The number of likely N-dealkylation sites (tertiary alicyclic amines) is 1. The molecule has 2 amide bonds. The van der Waals surface area contributed by atoms with E-state index in [4.69, 9.17) is 16.3 Å². The Morgan fingerprint density at radius 1 is 0.909 bits per heavy atom. The van der Waals surface area contributed by atoms with Crippen LogP contribution in [0.15, 0.2) is 84.9 Å². The Labute approximate surface area is 198 Å². The van der Waals surface area contributed by atoms with Gasteiger partial charge in [0.15, 0.2) is 5.60 Å². The van der Waals surface area contributed by atoms with Gasteiger partial charge in [0.2, 0.25) is 5.91 Å². The fraction of sp³-hybridized carbons (Fsp3) is 0.259. The monoisotopic (exact) mass is 460 g/mol. The minimum absolute atomic E-state index is 0.0118. The normalized spacial score (nSPS) is 20.4. The lowest BCUT2D eigenvalue weighted by Crippen LogP contribution is -2.47. The average Bonchev–Trinajstić information content (AvgIpc) is 3.41. The molecule has 0 aliphatic carbocycles. The van der Waals surface area contributed by atoms with Gasteiger partial charge in [0.1, 0.15) is 0 Å². The standard InChI is InChI=1S/C27H25ClN2O3/c1-26(20-8-4-2-5-9-20,21-10-6-3-7-11-21)24(31)29-17-16-27(18-29)19-30(25(32)33-27)23-14-12-22(28)13-15-23/h2-15H,16-19H2,1H3. The van der Waals surface area contributed by atoms with Gasteiger partial charge < -0.3 is 9.64 Å². The summed E-state index contributed by atoms with van der Waals surface area (Å²) in [5, 5.41) is 0.611. The van der Waals surface area contributed by atoms with E-state index in [-0.39, 0.29) is 12.0 Å². The van der Waals surface area contributed by atoms with Crippen LogP contribution in [0, 0.1) is 0 Å². The molecule has 0 aromatic heterocycles. The van der Waals surface area contributed by atoms with Crippen LogP contribution in [0.5, 0.6) is 0 Å². The van der Waals surface area contributed by atoms with Crippen molar-refractivity contribution < 1.29 is 14.3 Å². The Kier molecular flexibility index (Phi) is 5.37. The third-order valence-corrected chi connectivity index (χ3v) is 7.09. The van der Waals surface area contributed by atoms with Crippen LogP contribution in [0.2, 0.25) is 5.02 Å². The van der Waals surface area contributed by atoms with Crippen molar-refractivity contribution in [2.75, 3.05) is 24.5 Å². The van der Waals surface area contributed by atoms with Crippen molar-refractivity contribution in [2.45, 2.75) is 24.4 Å². The molecule has 1 spiro atoms. The summed E-state index contributed by atoms with van der Waals surface area (Å²) in [6.45, 7) is 3.29. The van der Waals surface area contributed by atoms with E-state index in [1.165, 1.54) is 0 Å². The number of amides is 2. The predicted molar refractivity (Wildman–Crippen MR) is 129 cm³/mol. The summed E-state index contributed by atoms with van der Waals surface area (Å²) < 4.78 is 5.87. The third kappa shape index (κ3) is 3.76. The van der Waals surface area contributed by atoms with Crippen molar-refractivity contribution in [2.24, 2.45) is 0 Å². The maximum Gasteiger partial charge on any atom is 0.415 e. The number of carbonyl (C=O) groups is 2. The Morgan fingerprint density at radius 3 is 2.06 bits per heavy atom. The van der Waals surface area contributed by atoms with Gasteiger partial charge in [-0.15, -0.1) is 0 Å². The number of carbonyl (C=O) groups excluding carboxylic acids is 2. The zero-order chi connectivity index (χ0) is 23.1. The van der Waals surface area contributed by atoms with Crippen molar-refractivity contribution in [3.8, 4) is 0 Å². The summed E-state index contributed by atoms with van der Waals surface area (Å²) in [5.74, 6) is 0.0118. The second-order valence-corrected chi connectivity index (χ2v) is 9.38. The molecule has 5 nitrogen and oxygen atoms in total. The molecule has 6 heteroatoms. The first kappa shape index (κ1) is 21.5. The van der Waals surface area contributed by atoms with Crippen molar-refractivity contribution in [1.82, 2.24) is 4.90 Å². The molecule has 0 bridgehead atoms. The molecular weight excluding hydrogens is 436 g/mol. The van der Waals surface area contributed by atoms with Gasteiger partial charge >= 0.3 is 6.09 Å². The van der Waals surface area contributed by atoms with Crippen LogP contribution >= 0.6 is 11.6 Å². The molecule has 1 atom stereocenters. The second-order valence-electron chi connectivity index (χ2n) is 8.95. The van der Waals surface area contributed by atoms with Crippen LogP contribution in [0.3, 0.4) is 0 Å². The number of halogens is 1. The third-order valence-electron chi connectivity index (χ3n) is 6.84. The molecular formula is C27H25ClN2O3. The number of hydrogen-bond donors (Lipinski definition) is 0. The van der Waals surface area contributed by atoms with Crippen molar-refractivity contribution in [3.05, 3.63) is 101 Å². The topological polar surface area (TPSA) is 49.9 Å². The highest BCUT2D eigenvalue weighted by molar-refractivity contribution is 6.30. The van der Waals surface area contributed by atoms with Gasteiger partial charge in [-0.2, -0.15) is 0 Å². The van der Waals surface area contributed by atoms with Crippen LogP contribution in [0.1, 0.15) is 24.5 Å². The minimum Gasteiger partial charge on any atom is -0.439 e. The molecule has 2 heterocycles. The largest absolute Gasteiger partial charge is 0.439 e. The van der Waals surface area contributed by atoms with Gasteiger partial charge in [0.05, 0.1) is 18.5 Å². The Bertz CT molecular complexity index is 1130. The van der Waals surface area contributed by atoms with Crippen molar-refractivity contribution in [1.29, 1.82) is 0 Å². The molecule has 5 rings (SSSR count). The first-order chi connectivity index (χ1) is 15.9. The highest BCUT2D eigenvalue weighted by Gasteiger charge is 2.53. The number of hydrogen-bond acceptors (Lipinski definition) is 3. The van der Waals surface area contributed by atoms with E-state index in [0.717, 1.165) is 16.8 Å². The zero-order valence-corrected chi connectivity index (χ0v) is 19.2. The lowest BCUT2D eigenvalue weighted by molar-refractivity contribution is -0.135. The Hall–Kier alpha value is -3.31. The molecule has 2 saturated heterocycles. The summed E-state index contributed by atoms with van der Waals surface area (Å²) >= 11 is 5.99. The van der Waals surface area contributed by atoms with Crippen LogP contribution in [-0.4, -0.2) is 42.1 Å². The average molecular weight is 461 g/mol. The van der Waals surface area contributed by atoms with E-state index in [1.54, 1.807) is 17.0 Å². The van der Waals surface area contributed by atoms with Crippen LogP contribution in [-0.2, 0) is 14.9 Å². The molecule has 3 aromatic rings. The number of nitrogens with zero attached hydrogens (tertiary/aromatic N) is 2. The summed E-state index contributed by atoms with van der Waals surface area (Å²) in [6.07, 6.45) is 0.217. The van der Waals surface area contributed by atoms with E-state index in [0.29, 0.717) is 31.1 Å². The first-order valence-electron chi connectivity index (χ1n) is 11.1. The highest BCUT2D eigenvalue weighted by Crippen LogP contribution is 2.39. The fourth-order valence-corrected chi connectivity index (χ4v) is 5.07. The SMILES string of the molecule is CC(C(=O)N1CCC2(C1)CN(c1ccc(Cl)cc1)C(=O)O2)(c1ccccc1)c1ccccc1. The number of anilines is 1. The molecule has 2 aliphatic rings. The lowest BCUT2D eigenvalue weighted by atomic mass is 9.75. The molecule has 0 saturated carbocycles. The molecule has 2 fully saturated rings. The number of rotatable bonds is 4.